The Bertz CT molecular complexity index is 640. The monoisotopic (exact) mass is 228 g/mol. The minimum Gasteiger partial charge on any atom is -0.310 e. The minimum absolute atomic E-state index is 0.0591. The maximum atomic E-state index is 13.4. The normalized spacial score (nSPS) is 9.88. The van der Waals surface area contributed by atoms with Crippen molar-refractivity contribution in [3.8, 4) is 6.07 Å². The van der Waals surface area contributed by atoms with E-state index in [4.69, 9.17) is 5.26 Å². The Morgan fingerprint density at radius 3 is 2.71 bits per heavy atom. The molecule has 0 saturated carbocycles. The van der Waals surface area contributed by atoms with Crippen LogP contribution in [0.15, 0.2) is 47.4 Å². The molecule has 0 aliphatic heterocycles. The highest BCUT2D eigenvalue weighted by Crippen LogP contribution is 2.07. The maximum Gasteiger partial charge on any atom is 0.268 e. The van der Waals surface area contributed by atoms with Crippen LogP contribution in [0.5, 0.6) is 0 Å². The lowest BCUT2D eigenvalue weighted by molar-refractivity contribution is 0.596. The number of pyridine rings is 1. The van der Waals surface area contributed by atoms with Crippen molar-refractivity contribution in [3.05, 3.63) is 69.9 Å². The van der Waals surface area contributed by atoms with E-state index in [1.54, 1.807) is 24.3 Å². The zero-order valence-corrected chi connectivity index (χ0v) is 8.93. The minimum atomic E-state index is -0.404. The Morgan fingerprint density at radius 2 is 2.00 bits per heavy atom. The van der Waals surface area contributed by atoms with Gasteiger partial charge in [-0.05, 0) is 18.2 Å². The number of nitrogens with zero attached hydrogens (tertiary/aromatic N) is 2. The van der Waals surface area contributed by atoms with Crippen LogP contribution in [-0.4, -0.2) is 4.57 Å². The van der Waals surface area contributed by atoms with E-state index in [0.717, 1.165) is 0 Å². The molecule has 0 radical (unpaired) electrons. The van der Waals surface area contributed by atoms with Crippen LogP contribution < -0.4 is 5.56 Å². The Balaban J connectivity index is 2.42. The summed E-state index contributed by atoms with van der Waals surface area (Å²) in [6.07, 6.45) is 1.54. The largest absolute Gasteiger partial charge is 0.310 e. The fraction of sp³-hybridized carbons (Fsp3) is 0.0769. The molecule has 2 rings (SSSR count). The summed E-state index contributed by atoms with van der Waals surface area (Å²) < 4.78 is 14.7. The zero-order valence-electron chi connectivity index (χ0n) is 8.93. The van der Waals surface area contributed by atoms with Crippen molar-refractivity contribution in [2.45, 2.75) is 6.54 Å². The van der Waals surface area contributed by atoms with E-state index < -0.39 is 5.56 Å². The molecule has 1 heterocycles. The molecule has 0 saturated heterocycles. The fourth-order valence-electron chi connectivity index (χ4n) is 1.56. The quantitative estimate of drug-likeness (QED) is 0.788. The average Bonchev–Trinajstić information content (AvgIpc) is 2.34. The first-order valence-electron chi connectivity index (χ1n) is 5.05. The smallest absolute Gasteiger partial charge is 0.268 e. The van der Waals surface area contributed by atoms with Crippen LogP contribution in [0.4, 0.5) is 4.39 Å². The van der Waals surface area contributed by atoms with Crippen molar-refractivity contribution in [2.24, 2.45) is 0 Å². The van der Waals surface area contributed by atoms with Crippen LogP contribution in [0.1, 0.15) is 11.1 Å². The summed E-state index contributed by atoms with van der Waals surface area (Å²) in [5.41, 5.74) is 0.0757. The van der Waals surface area contributed by atoms with Crippen molar-refractivity contribution < 1.29 is 4.39 Å². The third-order valence-electron chi connectivity index (χ3n) is 2.44. The molecule has 0 amide bonds. The number of rotatable bonds is 2. The lowest BCUT2D eigenvalue weighted by Gasteiger charge is -2.06. The molecule has 1 aromatic carbocycles. The van der Waals surface area contributed by atoms with E-state index in [0.29, 0.717) is 5.56 Å². The number of benzene rings is 1. The van der Waals surface area contributed by atoms with Gasteiger partial charge in [0.2, 0.25) is 0 Å². The first kappa shape index (κ1) is 11.1. The third kappa shape index (κ3) is 2.23. The molecule has 0 bridgehead atoms. The third-order valence-corrected chi connectivity index (χ3v) is 2.44. The molecule has 0 aliphatic rings. The second-order valence-corrected chi connectivity index (χ2v) is 3.56. The second kappa shape index (κ2) is 4.62. The Kier molecular flexibility index (Phi) is 3.01. The van der Waals surface area contributed by atoms with Crippen LogP contribution in [0.2, 0.25) is 0 Å². The van der Waals surface area contributed by atoms with Gasteiger partial charge in [-0.25, -0.2) is 4.39 Å². The van der Waals surface area contributed by atoms with Gasteiger partial charge in [0.1, 0.15) is 17.4 Å². The van der Waals surface area contributed by atoms with Crippen molar-refractivity contribution in [1.82, 2.24) is 4.57 Å². The van der Waals surface area contributed by atoms with Gasteiger partial charge in [0.05, 0.1) is 6.54 Å². The molecule has 0 unspecified atom stereocenters. The van der Waals surface area contributed by atoms with Gasteiger partial charge in [0.25, 0.3) is 5.56 Å². The molecule has 4 heteroatoms. The molecule has 1 aromatic heterocycles. The van der Waals surface area contributed by atoms with Crippen molar-refractivity contribution in [2.75, 3.05) is 0 Å². The zero-order chi connectivity index (χ0) is 12.3. The Hall–Kier alpha value is -2.41. The van der Waals surface area contributed by atoms with Gasteiger partial charge < -0.3 is 4.57 Å². The second-order valence-electron chi connectivity index (χ2n) is 3.56. The molecule has 2 aromatic rings. The van der Waals surface area contributed by atoms with E-state index in [1.807, 2.05) is 6.07 Å². The number of halogens is 1. The van der Waals surface area contributed by atoms with Crippen LogP contribution in [-0.2, 0) is 6.54 Å². The fourth-order valence-corrected chi connectivity index (χ4v) is 1.56. The summed E-state index contributed by atoms with van der Waals surface area (Å²) >= 11 is 0. The molecule has 17 heavy (non-hydrogen) atoms. The predicted molar refractivity (Wildman–Crippen MR) is 60.9 cm³/mol. The molecular formula is C13H9FN2O. The summed E-state index contributed by atoms with van der Waals surface area (Å²) in [6.45, 7) is 0.126. The average molecular weight is 228 g/mol. The maximum absolute atomic E-state index is 13.4. The van der Waals surface area contributed by atoms with Crippen molar-refractivity contribution in [3.63, 3.8) is 0 Å². The molecule has 0 spiro atoms. The van der Waals surface area contributed by atoms with Gasteiger partial charge in [0, 0.05) is 11.8 Å². The van der Waals surface area contributed by atoms with E-state index >= 15 is 0 Å². The van der Waals surface area contributed by atoms with Crippen LogP contribution in [0.25, 0.3) is 0 Å². The lowest BCUT2D eigenvalue weighted by Crippen LogP contribution is -2.22. The van der Waals surface area contributed by atoms with E-state index in [-0.39, 0.29) is 17.9 Å². The SMILES string of the molecule is N#Cc1cccn(Cc2ccccc2F)c1=O. The molecular weight excluding hydrogens is 219 g/mol. The summed E-state index contributed by atoms with van der Waals surface area (Å²) in [6, 6.07) is 11.1. The number of hydrogen-bond acceptors (Lipinski definition) is 2. The highest BCUT2D eigenvalue weighted by molar-refractivity contribution is 5.26. The number of hydrogen-bond donors (Lipinski definition) is 0. The molecule has 84 valence electrons. The van der Waals surface area contributed by atoms with Gasteiger partial charge in [-0.15, -0.1) is 0 Å². The van der Waals surface area contributed by atoms with E-state index in [2.05, 4.69) is 0 Å². The Labute approximate surface area is 97.4 Å². The molecule has 0 atom stereocenters. The molecule has 0 fully saturated rings. The highest BCUT2D eigenvalue weighted by atomic mass is 19.1. The first-order valence-corrected chi connectivity index (χ1v) is 5.05. The van der Waals surface area contributed by atoms with Crippen LogP contribution in [0.3, 0.4) is 0 Å². The molecule has 0 aliphatic carbocycles. The van der Waals surface area contributed by atoms with Crippen molar-refractivity contribution >= 4 is 0 Å². The van der Waals surface area contributed by atoms with Gasteiger partial charge in [-0.1, -0.05) is 18.2 Å². The van der Waals surface area contributed by atoms with Crippen molar-refractivity contribution in [1.29, 1.82) is 5.26 Å². The summed E-state index contributed by atoms with van der Waals surface area (Å²) in [5, 5.41) is 8.73. The van der Waals surface area contributed by atoms with Crippen LogP contribution in [0, 0.1) is 17.1 Å². The van der Waals surface area contributed by atoms with Gasteiger partial charge in [0.15, 0.2) is 0 Å². The summed E-state index contributed by atoms with van der Waals surface area (Å²) in [7, 11) is 0. The van der Waals surface area contributed by atoms with E-state index in [9.17, 15) is 9.18 Å². The predicted octanol–water partition coefficient (Wildman–Crippen LogP) is 1.91. The molecule has 3 nitrogen and oxygen atoms in total. The summed E-state index contributed by atoms with van der Waals surface area (Å²) in [5.74, 6) is -0.359. The first-order chi connectivity index (χ1) is 8.22. The molecule has 0 N–H and O–H groups in total. The van der Waals surface area contributed by atoms with Crippen LogP contribution >= 0.6 is 0 Å². The van der Waals surface area contributed by atoms with Gasteiger partial charge in [-0.2, -0.15) is 5.26 Å². The highest BCUT2D eigenvalue weighted by Gasteiger charge is 2.05. The van der Waals surface area contributed by atoms with Gasteiger partial charge >= 0.3 is 0 Å². The topological polar surface area (TPSA) is 45.8 Å². The number of nitriles is 1. The number of aromatic nitrogens is 1. The Morgan fingerprint density at radius 1 is 1.24 bits per heavy atom. The standard InChI is InChI=1S/C13H9FN2O/c14-12-6-2-1-4-11(12)9-16-7-3-5-10(8-15)13(16)17/h1-7H,9H2. The van der Waals surface area contributed by atoms with E-state index in [1.165, 1.54) is 22.9 Å². The lowest BCUT2D eigenvalue weighted by atomic mass is 10.2. The summed E-state index contributed by atoms with van der Waals surface area (Å²) in [4.78, 5) is 11.7. The van der Waals surface area contributed by atoms with Gasteiger partial charge in [-0.3, -0.25) is 4.79 Å².